The van der Waals surface area contributed by atoms with Gasteiger partial charge < -0.3 is 10.4 Å². The summed E-state index contributed by atoms with van der Waals surface area (Å²) in [4.78, 5) is 9.16. The first kappa shape index (κ1) is 14.2. The molecule has 1 aromatic rings. The number of aliphatic hydroxyl groups is 1. The van der Waals surface area contributed by atoms with Gasteiger partial charge in [-0.2, -0.15) is 0 Å². The molecule has 0 unspecified atom stereocenters. The summed E-state index contributed by atoms with van der Waals surface area (Å²) in [7, 11) is 0. The van der Waals surface area contributed by atoms with E-state index in [1.807, 2.05) is 12.3 Å². The highest BCUT2D eigenvalue weighted by molar-refractivity contribution is 5.43. The molecule has 5 heteroatoms. The fourth-order valence-corrected chi connectivity index (χ4v) is 2.45. The van der Waals surface area contributed by atoms with Crippen molar-refractivity contribution >= 4 is 5.82 Å². The molecule has 5 nitrogen and oxygen atoms in total. The number of nitrogens with zero attached hydrogens (tertiary/aromatic N) is 3. The van der Waals surface area contributed by atoms with Gasteiger partial charge in [0.25, 0.3) is 0 Å². The van der Waals surface area contributed by atoms with Gasteiger partial charge in [-0.25, -0.2) is 4.98 Å². The number of anilines is 1. The molecule has 2 heterocycles. The zero-order chi connectivity index (χ0) is 13.5. The third-order valence-electron chi connectivity index (χ3n) is 3.51. The molecule has 1 saturated heterocycles. The Bertz CT molecular complexity index is 377. The number of rotatable bonds is 6. The molecule has 1 aliphatic heterocycles. The Hall–Kier alpha value is -1.17. The van der Waals surface area contributed by atoms with E-state index in [0.717, 1.165) is 51.6 Å². The number of nitrogens with one attached hydrogen (secondary N) is 1. The maximum atomic E-state index is 8.94. The smallest absolute Gasteiger partial charge is 0.130 e. The molecule has 0 saturated carbocycles. The van der Waals surface area contributed by atoms with Crippen LogP contribution in [0.4, 0.5) is 5.82 Å². The number of hydrogen-bond donors (Lipinski definition) is 2. The number of pyridine rings is 1. The van der Waals surface area contributed by atoms with Crippen LogP contribution in [0.25, 0.3) is 0 Å². The van der Waals surface area contributed by atoms with Crippen LogP contribution in [0.5, 0.6) is 0 Å². The first-order valence-electron chi connectivity index (χ1n) is 7.06. The summed E-state index contributed by atoms with van der Waals surface area (Å²) >= 11 is 0. The molecule has 0 radical (unpaired) electrons. The van der Waals surface area contributed by atoms with E-state index < -0.39 is 0 Å². The lowest BCUT2D eigenvalue weighted by Crippen LogP contribution is -2.46. The predicted molar refractivity (Wildman–Crippen MR) is 77.2 cm³/mol. The standard InChI is InChI=1S/C14H24N4O/c1-2-15-14-13(4-3-5-16-14)12-18-8-6-17(7-9-18)10-11-19/h3-5,19H,2,6-12H2,1H3,(H,15,16). The molecule has 0 spiro atoms. The highest BCUT2D eigenvalue weighted by Crippen LogP contribution is 2.15. The van der Waals surface area contributed by atoms with Crippen LogP contribution in [0, 0.1) is 0 Å². The van der Waals surface area contributed by atoms with Crippen LogP contribution in [0.3, 0.4) is 0 Å². The molecule has 2 N–H and O–H groups in total. The Balaban J connectivity index is 1.88. The Labute approximate surface area is 115 Å². The van der Waals surface area contributed by atoms with Crippen molar-refractivity contribution in [1.29, 1.82) is 0 Å². The Morgan fingerprint density at radius 1 is 1.26 bits per heavy atom. The van der Waals surface area contributed by atoms with Crippen molar-refractivity contribution in [3.63, 3.8) is 0 Å². The van der Waals surface area contributed by atoms with Gasteiger partial charge in [0.05, 0.1) is 6.61 Å². The van der Waals surface area contributed by atoms with Crippen LogP contribution in [0.2, 0.25) is 0 Å². The first-order valence-corrected chi connectivity index (χ1v) is 7.06. The van der Waals surface area contributed by atoms with Gasteiger partial charge >= 0.3 is 0 Å². The van der Waals surface area contributed by atoms with Gasteiger partial charge in [0.2, 0.25) is 0 Å². The van der Waals surface area contributed by atoms with Crippen LogP contribution in [0.1, 0.15) is 12.5 Å². The van der Waals surface area contributed by atoms with E-state index in [9.17, 15) is 0 Å². The van der Waals surface area contributed by atoms with Crippen molar-refractivity contribution in [3.05, 3.63) is 23.9 Å². The molecule has 0 bridgehead atoms. The summed E-state index contributed by atoms with van der Waals surface area (Å²) in [5.41, 5.74) is 1.26. The summed E-state index contributed by atoms with van der Waals surface area (Å²) in [6.07, 6.45) is 1.83. The third-order valence-corrected chi connectivity index (χ3v) is 3.51. The molecule has 1 fully saturated rings. The van der Waals surface area contributed by atoms with E-state index in [4.69, 9.17) is 5.11 Å². The van der Waals surface area contributed by atoms with E-state index in [1.165, 1.54) is 5.56 Å². The zero-order valence-electron chi connectivity index (χ0n) is 11.7. The number of aromatic nitrogens is 1. The van der Waals surface area contributed by atoms with Crippen molar-refractivity contribution in [2.75, 3.05) is 51.2 Å². The lowest BCUT2D eigenvalue weighted by atomic mass is 10.2. The fraction of sp³-hybridized carbons (Fsp3) is 0.643. The van der Waals surface area contributed by atoms with E-state index >= 15 is 0 Å². The summed E-state index contributed by atoms with van der Waals surface area (Å²) < 4.78 is 0. The molecule has 0 aromatic carbocycles. The molecule has 2 rings (SSSR count). The predicted octanol–water partition coefficient (Wildman–Crippen LogP) is 0.623. The van der Waals surface area contributed by atoms with E-state index in [0.29, 0.717) is 0 Å². The molecular weight excluding hydrogens is 240 g/mol. The van der Waals surface area contributed by atoms with E-state index in [-0.39, 0.29) is 6.61 Å². The lowest BCUT2D eigenvalue weighted by molar-refractivity contribution is 0.108. The monoisotopic (exact) mass is 264 g/mol. The van der Waals surface area contributed by atoms with Crippen molar-refractivity contribution in [3.8, 4) is 0 Å². The van der Waals surface area contributed by atoms with Crippen molar-refractivity contribution in [2.24, 2.45) is 0 Å². The summed E-state index contributed by atoms with van der Waals surface area (Å²) in [5, 5.41) is 12.3. The molecule has 1 aliphatic rings. The Morgan fingerprint density at radius 3 is 2.68 bits per heavy atom. The van der Waals surface area contributed by atoms with E-state index in [1.54, 1.807) is 0 Å². The van der Waals surface area contributed by atoms with E-state index in [2.05, 4.69) is 33.1 Å². The van der Waals surface area contributed by atoms with Gasteiger partial charge in [-0.1, -0.05) is 6.07 Å². The van der Waals surface area contributed by atoms with Gasteiger partial charge in [0, 0.05) is 57.6 Å². The maximum Gasteiger partial charge on any atom is 0.130 e. The van der Waals surface area contributed by atoms with Crippen LogP contribution in [0.15, 0.2) is 18.3 Å². The second kappa shape index (κ2) is 7.43. The van der Waals surface area contributed by atoms with Gasteiger partial charge in [-0.05, 0) is 13.0 Å². The molecule has 0 amide bonds. The van der Waals surface area contributed by atoms with Gasteiger partial charge in [-0.15, -0.1) is 0 Å². The minimum atomic E-state index is 0.257. The lowest BCUT2D eigenvalue weighted by Gasteiger charge is -2.34. The van der Waals surface area contributed by atoms with Gasteiger partial charge in [-0.3, -0.25) is 9.80 Å². The second-order valence-electron chi connectivity index (χ2n) is 4.88. The summed E-state index contributed by atoms with van der Waals surface area (Å²) in [5.74, 6) is 1.00. The van der Waals surface area contributed by atoms with Crippen LogP contribution in [-0.4, -0.2) is 65.8 Å². The molecule has 0 aliphatic carbocycles. The van der Waals surface area contributed by atoms with Crippen LogP contribution >= 0.6 is 0 Å². The molecule has 1 aromatic heterocycles. The zero-order valence-corrected chi connectivity index (χ0v) is 11.7. The van der Waals surface area contributed by atoms with Crippen molar-refractivity contribution in [2.45, 2.75) is 13.5 Å². The van der Waals surface area contributed by atoms with Crippen molar-refractivity contribution in [1.82, 2.24) is 14.8 Å². The van der Waals surface area contributed by atoms with Crippen LogP contribution < -0.4 is 5.32 Å². The minimum Gasteiger partial charge on any atom is -0.395 e. The average molecular weight is 264 g/mol. The second-order valence-corrected chi connectivity index (χ2v) is 4.88. The fourth-order valence-electron chi connectivity index (χ4n) is 2.45. The SMILES string of the molecule is CCNc1ncccc1CN1CCN(CCO)CC1. The topological polar surface area (TPSA) is 51.6 Å². The Morgan fingerprint density at radius 2 is 2.00 bits per heavy atom. The molecule has 19 heavy (non-hydrogen) atoms. The molecule has 0 atom stereocenters. The molecular formula is C14H24N4O. The number of hydrogen-bond acceptors (Lipinski definition) is 5. The Kier molecular flexibility index (Phi) is 5.57. The minimum absolute atomic E-state index is 0.257. The maximum absolute atomic E-state index is 8.94. The quantitative estimate of drug-likeness (QED) is 0.789. The number of aliphatic hydroxyl groups excluding tert-OH is 1. The van der Waals surface area contributed by atoms with Crippen LogP contribution in [-0.2, 0) is 6.54 Å². The first-order chi connectivity index (χ1) is 9.33. The average Bonchev–Trinajstić information content (AvgIpc) is 2.44. The normalized spacial score (nSPS) is 17.6. The summed E-state index contributed by atoms with van der Waals surface area (Å²) in [6, 6.07) is 4.14. The highest BCUT2D eigenvalue weighted by atomic mass is 16.3. The number of β-amino-alcohol motifs (C(OH)–C–C–N with tert-alkyl or cyclic N) is 1. The largest absolute Gasteiger partial charge is 0.395 e. The highest BCUT2D eigenvalue weighted by Gasteiger charge is 2.17. The van der Waals surface area contributed by atoms with Gasteiger partial charge in [0.15, 0.2) is 0 Å². The molecule has 106 valence electrons. The van der Waals surface area contributed by atoms with Crippen molar-refractivity contribution < 1.29 is 5.11 Å². The van der Waals surface area contributed by atoms with Gasteiger partial charge in [0.1, 0.15) is 5.82 Å². The number of piperazine rings is 1. The summed E-state index contributed by atoms with van der Waals surface area (Å²) in [6.45, 7) is 9.18. The third kappa shape index (κ3) is 4.16.